The molecule has 3 fully saturated rings. The number of methoxy groups -OCH3 is 2. The Balaban J connectivity index is 1.63. The van der Waals surface area contributed by atoms with Crippen LogP contribution in [0.25, 0.3) is 0 Å². The molecule has 2 amide bonds. The molecule has 0 aromatic carbocycles. The van der Waals surface area contributed by atoms with Crippen LogP contribution in [0.5, 0.6) is 0 Å². The topological polar surface area (TPSA) is 87.0 Å². The fourth-order valence-corrected chi connectivity index (χ4v) is 4.92. The van der Waals surface area contributed by atoms with E-state index in [1.54, 1.807) is 0 Å². The van der Waals surface area contributed by atoms with E-state index in [4.69, 9.17) is 9.47 Å². The average molecular weight is 323 g/mol. The molecule has 2 bridgehead atoms. The highest BCUT2D eigenvalue weighted by molar-refractivity contribution is 5.77. The molecule has 0 N–H and O–H groups in total. The molecule has 126 valence electrons. The first kappa shape index (κ1) is 14.5. The van der Waals surface area contributed by atoms with Crippen molar-refractivity contribution in [3.63, 3.8) is 0 Å². The molecule has 2 saturated carbocycles. The molecule has 0 radical (unpaired) electrons. The van der Waals surface area contributed by atoms with Gasteiger partial charge in [-0.25, -0.2) is 19.6 Å². The number of nitrogens with zero attached hydrogens (tertiary/aromatic N) is 5. The van der Waals surface area contributed by atoms with Crippen LogP contribution in [0.2, 0.25) is 0 Å². The van der Waals surface area contributed by atoms with Crippen molar-refractivity contribution in [1.29, 1.82) is 0 Å². The highest BCUT2D eigenvalue weighted by Crippen LogP contribution is 2.58. The fraction of sp³-hybridized carbons (Fsp3) is 0.857. The van der Waals surface area contributed by atoms with Crippen LogP contribution in [0, 0.1) is 11.8 Å². The monoisotopic (exact) mass is 323 g/mol. The van der Waals surface area contributed by atoms with Crippen molar-refractivity contribution in [3.05, 3.63) is 0 Å². The third-order valence-electron chi connectivity index (χ3n) is 5.62. The lowest BCUT2D eigenvalue weighted by Gasteiger charge is -2.58. The largest absolute Gasteiger partial charge is 0.452 e. The fourth-order valence-electron chi connectivity index (χ4n) is 4.92. The molecule has 9 heteroatoms. The Labute approximate surface area is 134 Å². The summed E-state index contributed by atoms with van der Waals surface area (Å²) >= 11 is 0. The van der Waals surface area contributed by atoms with Gasteiger partial charge in [-0.1, -0.05) is 12.1 Å². The lowest BCUT2D eigenvalue weighted by atomic mass is 9.79. The van der Waals surface area contributed by atoms with Gasteiger partial charge in [0.15, 0.2) is 0 Å². The Kier molecular flexibility index (Phi) is 3.14. The first-order chi connectivity index (χ1) is 11.1. The Hall–Kier alpha value is -2.06. The van der Waals surface area contributed by atoms with Crippen LogP contribution in [-0.4, -0.2) is 72.1 Å². The SMILES string of the molecule is CCCN1N=N[C@H]2[C@H]3C[C@@H]([C@H]21)[C@H]1[C@@H]3N(C(=O)OC)N1C(=O)OC. The summed E-state index contributed by atoms with van der Waals surface area (Å²) in [5.74, 6) is 0.483. The van der Waals surface area contributed by atoms with Crippen molar-refractivity contribution in [3.8, 4) is 0 Å². The molecule has 2 aliphatic heterocycles. The zero-order valence-corrected chi connectivity index (χ0v) is 13.5. The van der Waals surface area contributed by atoms with Crippen LogP contribution < -0.4 is 0 Å². The molecule has 0 unspecified atom stereocenters. The maximum atomic E-state index is 12.1. The smallest absolute Gasteiger partial charge is 0.429 e. The van der Waals surface area contributed by atoms with E-state index in [1.807, 2.05) is 0 Å². The van der Waals surface area contributed by atoms with E-state index in [-0.39, 0.29) is 36.0 Å². The lowest BCUT2D eigenvalue weighted by Crippen LogP contribution is -2.78. The van der Waals surface area contributed by atoms with Crippen molar-refractivity contribution >= 4 is 12.2 Å². The van der Waals surface area contributed by atoms with Gasteiger partial charge in [0, 0.05) is 18.4 Å². The van der Waals surface area contributed by atoms with E-state index in [1.165, 1.54) is 24.2 Å². The molecule has 0 spiro atoms. The van der Waals surface area contributed by atoms with Crippen molar-refractivity contribution in [1.82, 2.24) is 15.0 Å². The van der Waals surface area contributed by atoms with Crippen LogP contribution in [0.1, 0.15) is 19.8 Å². The third-order valence-corrected chi connectivity index (χ3v) is 5.62. The second kappa shape index (κ2) is 4.97. The van der Waals surface area contributed by atoms with Gasteiger partial charge >= 0.3 is 12.2 Å². The van der Waals surface area contributed by atoms with Crippen LogP contribution in [-0.2, 0) is 9.47 Å². The maximum Gasteiger partial charge on any atom is 0.429 e. The minimum atomic E-state index is -0.527. The van der Waals surface area contributed by atoms with Crippen molar-refractivity contribution < 1.29 is 19.1 Å². The minimum absolute atomic E-state index is 0.0318. The summed E-state index contributed by atoms with van der Waals surface area (Å²) in [6.07, 6.45) is 0.906. The van der Waals surface area contributed by atoms with Gasteiger partial charge in [0.1, 0.15) is 6.04 Å². The summed E-state index contributed by atoms with van der Waals surface area (Å²) in [6.45, 7) is 2.98. The number of carbonyl (C=O) groups excluding carboxylic acids is 2. The first-order valence-corrected chi connectivity index (χ1v) is 8.05. The number of amides is 2. The number of fused-ring (bicyclic) bond motifs is 8. The minimum Gasteiger partial charge on any atom is -0.452 e. The van der Waals surface area contributed by atoms with Crippen LogP contribution in [0.4, 0.5) is 9.59 Å². The highest BCUT2D eigenvalue weighted by atomic mass is 16.6. The predicted octanol–water partition coefficient (Wildman–Crippen LogP) is 1.27. The zero-order valence-electron chi connectivity index (χ0n) is 13.5. The molecule has 0 aromatic rings. The van der Waals surface area contributed by atoms with Gasteiger partial charge in [0.25, 0.3) is 0 Å². The van der Waals surface area contributed by atoms with E-state index in [0.717, 1.165) is 19.4 Å². The number of rotatable bonds is 2. The molecule has 6 atom stereocenters. The van der Waals surface area contributed by atoms with Gasteiger partial charge in [-0.15, -0.1) is 0 Å². The van der Waals surface area contributed by atoms with E-state index in [0.29, 0.717) is 0 Å². The van der Waals surface area contributed by atoms with Crippen molar-refractivity contribution in [2.45, 2.75) is 43.9 Å². The number of carbonyl (C=O) groups is 2. The summed E-state index contributed by atoms with van der Waals surface area (Å²) in [7, 11) is 2.64. The maximum absolute atomic E-state index is 12.1. The lowest BCUT2D eigenvalue weighted by molar-refractivity contribution is -0.186. The van der Waals surface area contributed by atoms with Gasteiger partial charge in [-0.3, -0.25) is 5.01 Å². The molecule has 4 aliphatic rings. The number of hydrogen-bond acceptors (Lipinski definition) is 7. The highest BCUT2D eigenvalue weighted by Gasteiger charge is 2.73. The first-order valence-electron chi connectivity index (χ1n) is 8.05. The summed E-state index contributed by atoms with van der Waals surface area (Å²) in [5, 5.41) is 13.6. The summed E-state index contributed by atoms with van der Waals surface area (Å²) < 4.78 is 9.70. The van der Waals surface area contributed by atoms with E-state index >= 15 is 0 Å². The van der Waals surface area contributed by atoms with Crippen molar-refractivity contribution in [2.24, 2.45) is 22.2 Å². The van der Waals surface area contributed by atoms with Gasteiger partial charge in [-0.05, 0) is 12.8 Å². The van der Waals surface area contributed by atoms with Crippen LogP contribution in [0.15, 0.2) is 10.3 Å². The standard InChI is InChI=1S/C14H21N5O4/c1-4-5-17-10-8-6-7(9(10)15-16-17)11-12(8)19(14(21)23-3)18(11)13(20)22-2/h7-12H,4-6H2,1-3H3/t7-,8+,9+,10-,11-,12+/m1/s1. The zero-order chi connectivity index (χ0) is 16.3. The second-order valence-corrected chi connectivity index (χ2v) is 6.52. The molecule has 9 nitrogen and oxygen atoms in total. The molecule has 0 aromatic heterocycles. The quantitative estimate of drug-likeness (QED) is 0.764. The molecular weight excluding hydrogens is 302 g/mol. The van der Waals surface area contributed by atoms with Gasteiger partial charge < -0.3 is 9.47 Å². The second-order valence-electron chi connectivity index (χ2n) is 6.52. The van der Waals surface area contributed by atoms with Crippen molar-refractivity contribution in [2.75, 3.05) is 20.8 Å². The van der Waals surface area contributed by atoms with Gasteiger partial charge in [-0.2, -0.15) is 5.11 Å². The Morgan fingerprint density at radius 2 is 1.65 bits per heavy atom. The number of ether oxygens (including phenoxy) is 2. The molecule has 1 saturated heterocycles. The Morgan fingerprint density at radius 3 is 2.22 bits per heavy atom. The Morgan fingerprint density at radius 1 is 1.04 bits per heavy atom. The summed E-state index contributed by atoms with van der Waals surface area (Å²) in [4.78, 5) is 24.2. The summed E-state index contributed by atoms with van der Waals surface area (Å²) in [6, 6.07) is 0.261. The number of hydrogen-bond donors (Lipinski definition) is 0. The van der Waals surface area contributed by atoms with E-state index < -0.39 is 12.2 Å². The Bertz CT molecular complexity index is 569. The van der Waals surface area contributed by atoms with E-state index in [2.05, 4.69) is 22.3 Å². The van der Waals surface area contributed by atoms with Gasteiger partial charge in [0.05, 0.1) is 32.3 Å². The number of hydrazine groups is 1. The molecule has 4 rings (SSSR count). The van der Waals surface area contributed by atoms with Crippen LogP contribution >= 0.6 is 0 Å². The van der Waals surface area contributed by atoms with Crippen LogP contribution in [0.3, 0.4) is 0 Å². The summed E-state index contributed by atoms with van der Waals surface area (Å²) in [5.41, 5.74) is 0. The molecule has 2 heterocycles. The molecular formula is C14H21N5O4. The van der Waals surface area contributed by atoms with E-state index in [9.17, 15) is 9.59 Å². The normalized spacial score (nSPS) is 39.2. The molecule has 23 heavy (non-hydrogen) atoms. The average Bonchev–Trinajstić information content (AvgIpc) is 3.17. The third kappa shape index (κ3) is 1.67. The predicted molar refractivity (Wildman–Crippen MR) is 77.1 cm³/mol. The van der Waals surface area contributed by atoms with Gasteiger partial charge in [0.2, 0.25) is 0 Å². The molecule has 2 aliphatic carbocycles.